The first kappa shape index (κ1) is 13.6. The summed E-state index contributed by atoms with van der Waals surface area (Å²) >= 11 is 0. The number of pyridine rings is 1. The Bertz CT molecular complexity index is 1000. The summed E-state index contributed by atoms with van der Waals surface area (Å²) in [6.45, 7) is 0.585. The molecule has 0 aliphatic carbocycles. The van der Waals surface area contributed by atoms with Crippen molar-refractivity contribution in [3.05, 3.63) is 66.2 Å². The van der Waals surface area contributed by atoms with Gasteiger partial charge in [0.05, 0.1) is 31.0 Å². The molecule has 114 valence electrons. The van der Waals surface area contributed by atoms with E-state index in [4.69, 9.17) is 9.15 Å². The van der Waals surface area contributed by atoms with Crippen molar-refractivity contribution in [3.63, 3.8) is 0 Å². The Morgan fingerprint density at radius 3 is 2.87 bits per heavy atom. The first-order valence-electron chi connectivity index (χ1n) is 7.25. The van der Waals surface area contributed by atoms with E-state index >= 15 is 0 Å². The standard InChI is InChI=1S/C18H14N2O3/c1-22-18(21)12-9-15-14-6-2-3-7-16(14)20(17(15)19-10-12)11-13-5-4-8-23-13/h2-10H,11H2,1H3. The maximum absolute atomic E-state index is 11.8. The number of ether oxygens (including phenoxy) is 1. The van der Waals surface area contributed by atoms with E-state index in [2.05, 4.69) is 9.55 Å². The monoisotopic (exact) mass is 306 g/mol. The summed E-state index contributed by atoms with van der Waals surface area (Å²) in [6, 6.07) is 13.7. The molecule has 0 radical (unpaired) electrons. The molecule has 0 saturated carbocycles. The van der Waals surface area contributed by atoms with Crippen LogP contribution in [0.2, 0.25) is 0 Å². The number of aromatic nitrogens is 2. The van der Waals surface area contributed by atoms with E-state index in [1.165, 1.54) is 7.11 Å². The number of carbonyl (C=O) groups is 1. The van der Waals surface area contributed by atoms with Crippen molar-refractivity contribution < 1.29 is 13.9 Å². The predicted molar refractivity (Wildman–Crippen MR) is 86.4 cm³/mol. The molecule has 5 nitrogen and oxygen atoms in total. The van der Waals surface area contributed by atoms with Crippen LogP contribution in [0.1, 0.15) is 16.1 Å². The van der Waals surface area contributed by atoms with Crippen molar-refractivity contribution in [1.82, 2.24) is 9.55 Å². The number of carbonyl (C=O) groups excluding carboxylic acids is 1. The highest BCUT2D eigenvalue weighted by Crippen LogP contribution is 2.29. The number of nitrogens with zero attached hydrogens (tertiary/aromatic N) is 2. The lowest BCUT2D eigenvalue weighted by atomic mass is 10.1. The van der Waals surface area contributed by atoms with Crippen LogP contribution in [0.15, 0.2) is 59.3 Å². The van der Waals surface area contributed by atoms with E-state index in [0.717, 1.165) is 27.7 Å². The minimum absolute atomic E-state index is 0.387. The highest BCUT2D eigenvalue weighted by Gasteiger charge is 2.15. The van der Waals surface area contributed by atoms with Crippen LogP contribution < -0.4 is 0 Å². The summed E-state index contributed by atoms with van der Waals surface area (Å²) in [5.74, 6) is 0.466. The second-order valence-electron chi connectivity index (χ2n) is 5.27. The Kier molecular flexibility index (Phi) is 3.12. The van der Waals surface area contributed by atoms with Gasteiger partial charge in [-0.25, -0.2) is 9.78 Å². The van der Waals surface area contributed by atoms with Gasteiger partial charge in [-0.2, -0.15) is 0 Å². The van der Waals surface area contributed by atoms with Gasteiger partial charge in [0.15, 0.2) is 0 Å². The minimum atomic E-state index is -0.387. The molecule has 0 N–H and O–H groups in total. The molecule has 0 aliphatic heterocycles. The van der Waals surface area contributed by atoms with Gasteiger partial charge >= 0.3 is 5.97 Å². The van der Waals surface area contributed by atoms with Gasteiger partial charge < -0.3 is 13.7 Å². The third-order valence-corrected chi connectivity index (χ3v) is 3.92. The van der Waals surface area contributed by atoms with Gasteiger partial charge in [-0.1, -0.05) is 18.2 Å². The van der Waals surface area contributed by atoms with Crippen LogP contribution in [-0.2, 0) is 11.3 Å². The number of rotatable bonds is 3. The van der Waals surface area contributed by atoms with Crippen LogP contribution in [0.5, 0.6) is 0 Å². The van der Waals surface area contributed by atoms with Gasteiger partial charge in [0.1, 0.15) is 11.4 Å². The average molecular weight is 306 g/mol. The lowest BCUT2D eigenvalue weighted by Gasteiger charge is -2.04. The summed E-state index contributed by atoms with van der Waals surface area (Å²) in [4.78, 5) is 16.3. The molecule has 1 aromatic carbocycles. The fourth-order valence-electron chi connectivity index (χ4n) is 2.87. The van der Waals surface area contributed by atoms with Gasteiger partial charge in [-0.15, -0.1) is 0 Å². The van der Waals surface area contributed by atoms with Crippen molar-refractivity contribution in [2.24, 2.45) is 0 Å². The molecular formula is C18H14N2O3. The average Bonchev–Trinajstić information content (AvgIpc) is 3.21. The smallest absolute Gasteiger partial charge is 0.339 e. The Hall–Kier alpha value is -3.08. The van der Waals surface area contributed by atoms with E-state index in [1.54, 1.807) is 12.5 Å². The number of fused-ring (bicyclic) bond motifs is 3. The number of benzene rings is 1. The maximum Gasteiger partial charge on any atom is 0.339 e. The minimum Gasteiger partial charge on any atom is -0.467 e. The van der Waals surface area contributed by atoms with Crippen molar-refractivity contribution in [3.8, 4) is 0 Å². The zero-order chi connectivity index (χ0) is 15.8. The molecule has 0 atom stereocenters. The molecule has 0 bridgehead atoms. The Morgan fingerprint density at radius 2 is 2.09 bits per heavy atom. The van der Waals surface area contributed by atoms with Crippen LogP contribution in [0, 0.1) is 0 Å². The van der Waals surface area contributed by atoms with E-state index in [0.29, 0.717) is 12.1 Å². The van der Waals surface area contributed by atoms with Crippen molar-refractivity contribution in [2.45, 2.75) is 6.54 Å². The fourth-order valence-corrected chi connectivity index (χ4v) is 2.87. The van der Waals surface area contributed by atoms with E-state index in [9.17, 15) is 4.79 Å². The Labute approximate surface area is 132 Å². The van der Waals surface area contributed by atoms with E-state index < -0.39 is 0 Å². The molecule has 0 amide bonds. The zero-order valence-electron chi connectivity index (χ0n) is 12.5. The molecule has 0 fully saturated rings. The fraction of sp³-hybridized carbons (Fsp3) is 0.111. The number of furan rings is 1. The molecule has 5 heteroatoms. The summed E-state index contributed by atoms with van der Waals surface area (Å²) in [5, 5.41) is 1.97. The molecule has 0 unspecified atom stereocenters. The topological polar surface area (TPSA) is 57.3 Å². The van der Waals surface area contributed by atoms with Crippen LogP contribution in [0.25, 0.3) is 21.9 Å². The van der Waals surface area contributed by atoms with E-state index in [-0.39, 0.29) is 5.97 Å². The maximum atomic E-state index is 11.8. The van der Waals surface area contributed by atoms with Gasteiger partial charge in [-0.05, 0) is 24.3 Å². The highest BCUT2D eigenvalue weighted by atomic mass is 16.5. The van der Waals surface area contributed by atoms with Gasteiger partial charge in [0.25, 0.3) is 0 Å². The second kappa shape index (κ2) is 5.28. The third kappa shape index (κ3) is 2.17. The molecule has 0 spiro atoms. The molecule has 3 aromatic heterocycles. The largest absolute Gasteiger partial charge is 0.467 e. The SMILES string of the molecule is COC(=O)c1cnc2c(c1)c1ccccc1n2Cc1ccco1. The second-order valence-corrected chi connectivity index (χ2v) is 5.27. The highest BCUT2D eigenvalue weighted by molar-refractivity contribution is 6.08. The first-order valence-corrected chi connectivity index (χ1v) is 7.25. The van der Waals surface area contributed by atoms with Crippen LogP contribution in [0.4, 0.5) is 0 Å². The number of hydrogen-bond acceptors (Lipinski definition) is 4. The van der Waals surface area contributed by atoms with Crippen LogP contribution in [-0.4, -0.2) is 22.6 Å². The summed E-state index contributed by atoms with van der Waals surface area (Å²) in [7, 11) is 1.37. The summed E-state index contributed by atoms with van der Waals surface area (Å²) < 4.78 is 12.3. The quantitative estimate of drug-likeness (QED) is 0.542. The van der Waals surface area contributed by atoms with Gasteiger partial charge in [0.2, 0.25) is 0 Å². The molecular weight excluding hydrogens is 292 g/mol. The molecule has 3 heterocycles. The van der Waals surface area contributed by atoms with Crippen molar-refractivity contribution in [2.75, 3.05) is 7.11 Å². The van der Waals surface area contributed by atoms with Crippen molar-refractivity contribution in [1.29, 1.82) is 0 Å². The summed E-state index contributed by atoms with van der Waals surface area (Å²) in [5.41, 5.74) is 2.31. The molecule has 4 aromatic rings. The predicted octanol–water partition coefficient (Wildman–Crippen LogP) is 3.62. The normalized spacial score (nSPS) is 11.2. The lowest BCUT2D eigenvalue weighted by Crippen LogP contribution is -2.03. The van der Waals surface area contributed by atoms with Gasteiger partial charge in [-0.3, -0.25) is 0 Å². The molecule has 23 heavy (non-hydrogen) atoms. The Balaban J connectivity index is 1.98. The summed E-state index contributed by atoms with van der Waals surface area (Å²) in [6.07, 6.45) is 3.21. The third-order valence-electron chi connectivity index (χ3n) is 3.92. The zero-order valence-corrected chi connectivity index (χ0v) is 12.5. The first-order chi connectivity index (χ1) is 11.3. The molecule has 0 saturated heterocycles. The number of para-hydroxylation sites is 1. The van der Waals surface area contributed by atoms with Crippen LogP contribution in [0.3, 0.4) is 0 Å². The molecule has 0 aliphatic rings. The number of methoxy groups -OCH3 is 1. The van der Waals surface area contributed by atoms with Crippen molar-refractivity contribution >= 4 is 27.9 Å². The number of esters is 1. The van der Waals surface area contributed by atoms with Gasteiger partial charge in [0, 0.05) is 17.0 Å². The molecule has 4 rings (SSSR count). The number of hydrogen-bond donors (Lipinski definition) is 0. The lowest BCUT2D eigenvalue weighted by molar-refractivity contribution is 0.0600. The Morgan fingerprint density at radius 1 is 1.22 bits per heavy atom. The van der Waals surface area contributed by atoms with Crippen LogP contribution >= 0.6 is 0 Å². The van der Waals surface area contributed by atoms with E-state index in [1.807, 2.05) is 42.5 Å².